The van der Waals surface area contributed by atoms with Crippen molar-refractivity contribution >= 4 is 0 Å². The Morgan fingerprint density at radius 3 is 2.72 bits per heavy atom. The molecule has 0 saturated heterocycles. The van der Waals surface area contributed by atoms with E-state index in [1.807, 2.05) is 6.07 Å². The van der Waals surface area contributed by atoms with Crippen molar-refractivity contribution in [2.45, 2.75) is 32.6 Å². The summed E-state index contributed by atoms with van der Waals surface area (Å²) in [7, 11) is 0. The van der Waals surface area contributed by atoms with E-state index in [-0.39, 0.29) is 11.2 Å². The smallest absolute Gasteiger partial charge is 0.123 e. The molecule has 0 aromatic heterocycles. The fourth-order valence-electron chi connectivity index (χ4n) is 2.03. The van der Waals surface area contributed by atoms with Gasteiger partial charge in [0.15, 0.2) is 0 Å². The van der Waals surface area contributed by atoms with Crippen molar-refractivity contribution in [2.24, 2.45) is 11.7 Å². The number of rotatable bonds is 7. The van der Waals surface area contributed by atoms with Crippen LogP contribution in [0, 0.1) is 11.7 Å². The predicted octanol–water partition coefficient (Wildman–Crippen LogP) is 2.68. The van der Waals surface area contributed by atoms with Crippen molar-refractivity contribution in [3.63, 3.8) is 0 Å². The first-order valence-corrected chi connectivity index (χ1v) is 6.62. The molecule has 1 unspecified atom stereocenters. The molecule has 1 aromatic rings. The second kappa shape index (κ2) is 6.86. The summed E-state index contributed by atoms with van der Waals surface area (Å²) in [5.74, 6) is 0.412. The molecule has 0 aliphatic heterocycles. The Balaban J connectivity index is 2.49. The van der Waals surface area contributed by atoms with E-state index in [1.165, 1.54) is 6.07 Å². The fraction of sp³-hybridized carbons (Fsp3) is 0.600. The van der Waals surface area contributed by atoms with Crippen LogP contribution in [0.2, 0.25) is 0 Å². The maximum Gasteiger partial charge on any atom is 0.123 e. The van der Waals surface area contributed by atoms with E-state index in [0.717, 1.165) is 31.6 Å². The van der Waals surface area contributed by atoms with Crippen molar-refractivity contribution in [3.05, 3.63) is 35.6 Å². The van der Waals surface area contributed by atoms with E-state index < -0.39 is 0 Å². The number of nitrogens with one attached hydrogen (secondary N) is 1. The topological polar surface area (TPSA) is 38.0 Å². The summed E-state index contributed by atoms with van der Waals surface area (Å²) < 4.78 is 13.2. The lowest BCUT2D eigenvalue weighted by Gasteiger charge is -2.26. The highest BCUT2D eigenvalue weighted by atomic mass is 19.1. The Kier molecular flexibility index (Phi) is 5.76. The van der Waals surface area contributed by atoms with Crippen LogP contribution < -0.4 is 11.1 Å². The molecule has 1 rings (SSSR count). The van der Waals surface area contributed by atoms with Gasteiger partial charge in [-0.1, -0.05) is 32.9 Å². The molecule has 2 nitrogen and oxygen atoms in total. The van der Waals surface area contributed by atoms with Gasteiger partial charge in [0.1, 0.15) is 5.82 Å². The minimum Gasteiger partial charge on any atom is -0.330 e. The lowest BCUT2D eigenvalue weighted by Crippen LogP contribution is -2.35. The van der Waals surface area contributed by atoms with Crippen molar-refractivity contribution < 1.29 is 4.39 Å². The van der Waals surface area contributed by atoms with Gasteiger partial charge in [0.2, 0.25) is 0 Å². The summed E-state index contributed by atoms with van der Waals surface area (Å²) in [5, 5.41) is 3.45. The lowest BCUT2D eigenvalue weighted by atomic mass is 9.84. The van der Waals surface area contributed by atoms with Crippen LogP contribution in [0.25, 0.3) is 0 Å². The average Bonchev–Trinajstić information content (AvgIpc) is 2.29. The third-order valence-electron chi connectivity index (χ3n) is 3.33. The van der Waals surface area contributed by atoms with Crippen LogP contribution in [0.3, 0.4) is 0 Å². The van der Waals surface area contributed by atoms with Crippen molar-refractivity contribution in [1.29, 1.82) is 0 Å². The number of hydrogen-bond donors (Lipinski definition) is 2. The number of benzene rings is 1. The number of halogens is 1. The van der Waals surface area contributed by atoms with Gasteiger partial charge in [0.25, 0.3) is 0 Å². The van der Waals surface area contributed by atoms with E-state index in [2.05, 4.69) is 26.1 Å². The monoisotopic (exact) mass is 252 g/mol. The highest BCUT2D eigenvalue weighted by Crippen LogP contribution is 2.22. The highest BCUT2D eigenvalue weighted by molar-refractivity contribution is 5.24. The van der Waals surface area contributed by atoms with Gasteiger partial charge in [-0.15, -0.1) is 0 Å². The van der Waals surface area contributed by atoms with Crippen molar-refractivity contribution in [2.75, 3.05) is 19.6 Å². The molecule has 0 heterocycles. The normalized spacial score (nSPS) is 13.6. The molecule has 1 aromatic carbocycles. The maximum absolute atomic E-state index is 13.2. The third kappa shape index (κ3) is 4.75. The Labute approximate surface area is 110 Å². The molecule has 0 aliphatic carbocycles. The molecule has 18 heavy (non-hydrogen) atoms. The fourth-order valence-corrected chi connectivity index (χ4v) is 2.03. The Hall–Kier alpha value is -0.930. The molecule has 3 N–H and O–H groups in total. The zero-order valence-corrected chi connectivity index (χ0v) is 11.7. The van der Waals surface area contributed by atoms with Gasteiger partial charge in [0.05, 0.1) is 0 Å². The zero-order chi connectivity index (χ0) is 13.6. The lowest BCUT2D eigenvalue weighted by molar-refractivity contribution is 0.420. The molecular formula is C15H25FN2. The number of nitrogens with two attached hydrogens (primary N) is 1. The molecule has 0 aliphatic rings. The van der Waals surface area contributed by atoms with Gasteiger partial charge in [-0.25, -0.2) is 4.39 Å². The molecule has 0 radical (unpaired) electrons. The predicted molar refractivity (Wildman–Crippen MR) is 75.1 cm³/mol. The second-order valence-electron chi connectivity index (χ2n) is 5.71. The summed E-state index contributed by atoms with van der Waals surface area (Å²) in [6, 6.07) is 6.85. The molecule has 0 fully saturated rings. The summed E-state index contributed by atoms with van der Waals surface area (Å²) in [6.45, 7) is 8.97. The Morgan fingerprint density at radius 1 is 1.39 bits per heavy atom. The van der Waals surface area contributed by atoms with E-state index in [1.54, 1.807) is 12.1 Å². The zero-order valence-electron chi connectivity index (χ0n) is 11.7. The standard InChI is InChI=1S/C15H25FN2/c1-12(7-8-17)10-18-11-15(2,3)13-5-4-6-14(16)9-13/h4-6,9,12,18H,7-8,10-11,17H2,1-3H3. The molecular weight excluding hydrogens is 227 g/mol. The first-order chi connectivity index (χ1) is 8.45. The van der Waals surface area contributed by atoms with Gasteiger partial charge < -0.3 is 11.1 Å². The average molecular weight is 252 g/mol. The van der Waals surface area contributed by atoms with Crippen molar-refractivity contribution in [1.82, 2.24) is 5.32 Å². The second-order valence-corrected chi connectivity index (χ2v) is 5.71. The molecule has 0 bridgehead atoms. The van der Waals surface area contributed by atoms with E-state index in [9.17, 15) is 4.39 Å². The molecule has 102 valence electrons. The first-order valence-electron chi connectivity index (χ1n) is 6.62. The van der Waals surface area contributed by atoms with Crippen LogP contribution in [0.15, 0.2) is 24.3 Å². The summed E-state index contributed by atoms with van der Waals surface area (Å²) >= 11 is 0. The summed E-state index contributed by atoms with van der Waals surface area (Å²) in [4.78, 5) is 0. The minimum absolute atomic E-state index is 0.0649. The van der Waals surface area contributed by atoms with Gasteiger partial charge in [0, 0.05) is 12.0 Å². The summed E-state index contributed by atoms with van der Waals surface area (Å²) in [5.41, 5.74) is 6.49. The minimum atomic E-state index is -0.169. The van der Waals surface area contributed by atoms with Crippen LogP contribution in [0.1, 0.15) is 32.8 Å². The molecule has 0 spiro atoms. The number of hydrogen-bond acceptors (Lipinski definition) is 2. The van der Waals surface area contributed by atoms with Crippen LogP contribution in [-0.4, -0.2) is 19.6 Å². The largest absolute Gasteiger partial charge is 0.330 e. The van der Waals surface area contributed by atoms with Gasteiger partial charge in [-0.05, 0) is 43.1 Å². The quantitative estimate of drug-likeness (QED) is 0.783. The van der Waals surface area contributed by atoms with Crippen LogP contribution in [0.5, 0.6) is 0 Å². The Bertz CT molecular complexity index is 363. The maximum atomic E-state index is 13.2. The van der Waals surface area contributed by atoms with Gasteiger partial charge in [-0.3, -0.25) is 0 Å². The molecule has 0 amide bonds. The molecule has 3 heteroatoms. The van der Waals surface area contributed by atoms with Crippen LogP contribution in [0.4, 0.5) is 4.39 Å². The summed E-state index contributed by atoms with van der Waals surface area (Å²) in [6.07, 6.45) is 1.04. The van der Waals surface area contributed by atoms with E-state index in [0.29, 0.717) is 5.92 Å². The molecule has 1 atom stereocenters. The van der Waals surface area contributed by atoms with E-state index >= 15 is 0 Å². The van der Waals surface area contributed by atoms with Crippen molar-refractivity contribution in [3.8, 4) is 0 Å². The molecule has 0 saturated carbocycles. The van der Waals surface area contributed by atoms with Crippen LogP contribution in [-0.2, 0) is 5.41 Å². The van der Waals surface area contributed by atoms with Gasteiger partial charge >= 0.3 is 0 Å². The Morgan fingerprint density at radius 2 is 2.11 bits per heavy atom. The highest BCUT2D eigenvalue weighted by Gasteiger charge is 2.20. The third-order valence-corrected chi connectivity index (χ3v) is 3.33. The van der Waals surface area contributed by atoms with Crippen LogP contribution >= 0.6 is 0 Å². The SMILES string of the molecule is CC(CCN)CNCC(C)(C)c1cccc(F)c1. The first kappa shape index (κ1) is 15.1. The van der Waals surface area contributed by atoms with Gasteiger partial charge in [-0.2, -0.15) is 0 Å². The van der Waals surface area contributed by atoms with E-state index in [4.69, 9.17) is 5.73 Å².